The lowest BCUT2D eigenvalue weighted by atomic mass is 9.88. The zero-order valence-corrected chi connectivity index (χ0v) is 11.4. The van der Waals surface area contributed by atoms with Crippen LogP contribution in [0.2, 0.25) is 0 Å². The molecule has 0 radical (unpaired) electrons. The summed E-state index contributed by atoms with van der Waals surface area (Å²) in [5, 5.41) is 10.1. The molecule has 0 aliphatic heterocycles. The van der Waals surface area contributed by atoms with E-state index >= 15 is 0 Å². The maximum absolute atomic E-state index is 11.7. The number of benzene rings is 1. The zero-order valence-electron chi connectivity index (χ0n) is 11.4. The van der Waals surface area contributed by atoms with Crippen LogP contribution in [0.4, 0.5) is 0 Å². The van der Waals surface area contributed by atoms with Gasteiger partial charge in [-0.15, -0.1) is 0 Å². The van der Waals surface area contributed by atoms with Crippen molar-refractivity contribution in [2.75, 3.05) is 13.7 Å². The first kappa shape index (κ1) is 13.9. The first-order valence-corrected chi connectivity index (χ1v) is 6.72. The fraction of sp³-hybridized carbons (Fsp3) is 0.533. The van der Waals surface area contributed by atoms with Crippen molar-refractivity contribution < 1.29 is 19.4 Å². The molecule has 0 fully saturated rings. The maximum Gasteiger partial charge on any atom is 0.339 e. The molecule has 0 saturated carbocycles. The molecule has 19 heavy (non-hydrogen) atoms. The monoisotopic (exact) mass is 264 g/mol. The van der Waals surface area contributed by atoms with Gasteiger partial charge in [-0.25, -0.2) is 4.79 Å². The van der Waals surface area contributed by atoms with Crippen molar-refractivity contribution in [2.45, 2.75) is 38.7 Å². The van der Waals surface area contributed by atoms with E-state index in [-0.39, 0.29) is 6.61 Å². The molecule has 0 amide bonds. The SMILES string of the molecule is CCOC(=O)C(O)c1ccc2c(c1OC)CCCC2. The van der Waals surface area contributed by atoms with Gasteiger partial charge in [-0.2, -0.15) is 0 Å². The number of aryl methyl sites for hydroxylation is 1. The summed E-state index contributed by atoms with van der Waals surface area (Å²) >= 11 is 0. The molecule has 0 saturated heterocycles. The minimum absolute atomic E-state index is 0.253. The van der Waals surface area contributed by atoms with Crippen molar-refractivity contribution in [1.82, 2.24) is 0 Å². The third kappa shape index (κ3) is 2.73. The zero-order chi connectivity index (χ0) is 13.8. The number of fused-ring (bicyclic) bond motifs is 1. The summed E-state index contributed by atoms with van der Waals surface area (Å²) in [6.45, 7) is 1.97. The Hall–Kier alpha value is -1.55. The van der Waals surface area contributed by atoms with Crippen LogP contribution in [0.5, 0.6) is 5.75 Å². The van der Waals surface area contributed by atoms with Gasteiger partial charge in [0.1, 0.15) is 5.75 Å². The van der Waals surface area contributed by atoms with Gasteiger partial charge in [-0.3, -0.25) is 0 Å². The minimum Gasteiger partial charge on any atom is -0.496 e. The smallest absolute Gasteiger partial charge is 0.339 e. The van der Waals surface area contributed by atoms with Crippen LogP contribution >= 0.6 is 0 Å². The predicted molar refractivity (Wildman–Crippen MR) is 71.2 cm³/mol. The van der Waals surface area contributed by atoms with Crippen molar-refractivity contribution >= 4 is 5.97 Å². The first-order valence-electron chi connectivity index (χ1n) is 6.72. The molecule has 1 N–H and O–H groups in total. The molecule has 4 heteroatoms. The molecule has 1 aliphatic carbocycles. The number of aliphatic hydroxyl groups excluding tert-OH is 1. The van der Waals surface area contributed by atoms with Crippen molar-refractivity contribution in [3.63, 3.8) is 0 Å². The van der Waals surface area contributed by atoms with E-state index in [9.17, 15) is 9.90 Å². The van der Waals surface area contributed by atoms with Gasteiger partial charge in [0.15, 0.2) is 6.10 Å². The van der Waals surface area contributed by atoms with Crippen LogP contribution in [0.25, 0.3) is 0 Å². The van der Waals surface area contributed by atoms with Crippen LogP contribution in [-0.4, -0.2) is 24.8 Å². The predicted octanol–water partition coefficient (Wildman–Crippen LogP) is 2.17. The van der Waals surface area contributed by atoms with Gasteiger partial charge in [0.05, 0.1) is 13.7 Å². The van der Waals surface area contributed by atoms with E-state index in [4.69, 9.17) is 9.47 Å². The second-order valence-electron chi connectivity index (χ2n) is 4.69. The molecule has 0 aromatic heterocycles. The number of rotatable bonds is 4. The summed E-state index contributed by atoms with van der Waals surface area (Å²) in [7, 11) is 1.57. The highest BCUT2D eigenvalue weighted by Gasteiger charge is 2.26. The summed E-state index contributed by atoms with van der Waals surface area (Å²) in [5.74, 6) is 0.00862. The number of hydrogen-bond acceptors (Lipinski definition) is 4. The highest BCUT2D eigenvalue weighted by atomic mass is 16.5. The molecular formula is C15H20O4. The van der Waals surface area contributed by atoms with E-state index in [0.717, 1.165) is 24.8 Å². The Labute approximate surface area is 113 Å². The molecular weight excluding hydrogens is 244 g/mol. The number of carbonyl (C=O) groups excluding carboxylic acids is 1. The fourth-order valence-electron chi connectivity index (χ4n) is 2.62. The third-order valence-corrected chi connectivity index (χ3v) is 3.52. The number of esters is 1. The Morgan fingerprint density at radius 3 is 2.79 bits per heavy atom. The van der Waals surface area contributed by atoms with Crippen LogP contribution in [0.3, 0.4) is 0 Å². The highest BCUT2D eigenvalue weighted by molar-refractivity contribution is 5.77. The normalized spacial score (nSPS) is 15.5. The van der Waals surface area contributed by atoms with Crippen molar-refractivity contribution in [2.24, 2.45) is 0 Å². The van der Waals surface area contributed by atoms with Crippen molar-refractivity contribution in [3.8, 4) is 5.75 Å². The van der Waals surface area contributed by atoms with Crippen LogP contribution in [0.15, 0.2) is 12.1 Å². The maximum atomic E-state index is 11.7. The molecule has 1 unspecified atom stereocenters. The standard InChI is InChI=1S/C15H20O4/c1-3-19-15(17)13(16)12-9-8-10-6-4-5-7-11(10)14(12)18-2/h8-9,13,16H,3-7H2,1-2H3. The molecule has 0 spiro atoms. The molecule has 0 heterocycles. The molecule has 104 valence electrons. The summed E-state index contributed by atoms with van der Waals surface area (Å²) in [6.07, 6.45) is 2.98. The average molecular weight is 264 g/mol. The molecule has 2 rings (SSSR count). The lowest BCUT2D eigenvalue weighted by Gasteiger charge is -2.22. The minimum atomic E-state index is -1.28. The Kier molecular flexibility index (Phi) is 4.43. The first-order chi connectivity index (χ1) is 9.19. The highest BCUT2D eigenvalue weighted by Crippen LogP contribution is 2.36. The van der Waals surface area contributed by atoms with Gasteiger partial charge in [0.2, 0.25) is 0 Å². The van der Waals surface area contributed by atoms with Gasteiger partial charge in [0.25, 0.3) is 0 Å². The lowest BCUT2D eigenvalue weighted by molar-refractivity contribution is -0.153. The Morgan fingerprint density at radius 1 is 1.37 bits per heavy atom. The van der Waals surface area contributed by atoms with Crippen LogP contribution in [0, 0.1) is 0 Å². The third-order valence-electron chi connectivity index (χ3n) is 3.52. The van der Waals surface area contributed by atoms with Gasteiger partial charge >= 0.3 is 5.97 Å². The number of aliphatic hydroxyl groups is 1. The van der Waals surface area contributed by atoms with Gasteiger partial charge < -0.3 is 14.6 Å². The number of carbonyl (C=O) groups is 1. The van der Waals surface area contributed by atoms with Crippen molar-refractivity contribution in [1.29, 1.82) is 0 Å². The van der Waals surface area contributed by atoms with Crippen LogP contribution in [0.1, 0.15) is 42.6 Å². The Bertz CT molecular complexity index is 467. The largest absolute Gasteiger partial charge is 0.496 e. The number of methoxy groups -OCH3 is 1. The molecule has 1 aliphatic rings. The van der Waals surface area contributed by atoms with E-state index in [2.05, 4.69) is 0 Å². The quantitative estimate of drug-likeness (QED) is 0.847. The molecule has 4 nitrogen and oxygen atoms in total. The molecule has 1 atom stereocenters. The van der Waals surface area contributed by atoms with Gasteiger partial charge in [-0.1, -0.05) is 12.1 Å². The Balaban J connectivity index is 2.37. The topological polar surface area (TPSA) is 55.8 Å². The van der Waals surface area contributed by atoms with E-state index in [1.54, 1.807) is 20.1 Å². The number of ether oxygens (including phenoxy) is 2. The lowest BCUT2D eigenvalue weighted by Crippen LogP contribution is -2.17. The van der Waals surface area contributed by atoms with Gasteiger partial charge in [-0.05, 0) is 43.7 Å². The second-order valence-corrected chi connectivity index (χ2v) is 4.69. The van der Waals surface area contributed by atoms with E-state index < -0.39 is 12.1 Å². The molecule has 0 bridgehead atoms. The van der Waals surface area contributed by atoms with Gasteiger partial charge in [0, 0.05) is 5.56 Å². The summed E-state index contributed by atoms with van der Waals surface area (Å²) in [6, 6.07) is 3.75. The van der Waals surface area contributed by atoms with Crippen LogP contribution in [-0.2, 0) is 22.4 Å². The summed E-state index contributed by atoms with van der Waals surface area (Å²) < 4.78 is 10.3. The average Bonchev–Trinajstić information content (AvgIpc) is 2.45. The van der Waals surface area contributed by atoms with Crippen molar-refractivity contribution in [3.05, 3.63) is 28.8 Å². The number of hydrogen-bond donors (Lipinski definition) is 1. The van der Waals surface area contributed by atoms with E-state index in [1.807, 2.05) is 6.07 Å². The Morgan fingerprint density at radius 2 is 2.11 bits per heavy atom. The van der Waals surface area contributed by atoms with E-state index in [1.165, 1.54) is 12.0 Å². The van der Waals surface area contributed by atoms with Crippen LogP contribution < -0.4 is 4.74 Å². The second kappa shape index (κ2) is 6.06. The fourth-order valence-corrected chi connectivity index (χ4v) is 2.62. The molecule has 1 aromatic carbocycles. The summed E-state index contributed by atoms with van der Waals surface area (Å²) in [5.41, 5.74) is 2.87. The molecule has 1 aromatic rings. The summed E-state index contributed by atoms with van der Waals surface area (Å²) in [4.78, 5) is 11.7. The van der Waals surface area contributed by atoms with E-state index in [0.29, 0.717) is 11.3 Å².